The molecule has 0 aliphatic carbocycles. The van der Waals surface area contributed by atoms with E-state index in [0.717, 1.165) is 37.3 Å². The van der Waals surface area contributed by atoms with Crippen LogP contribution in [-0.2, 0) is 24.0 Å². The molecule has 0 aromatic rings. The lowest BCUT2D eigenvalue weighted by molar-refractivity contribution is -0.139. The number of Topliss-reactive ketones (excluding diaryl/α,β-unsaturated/α-hetero) is 1. The summed E-state index contributed by atoms with van der Waals surface area (Å²) in [6.45, 7) is 22.9. The smallest absolute Gasteiger partial charge is 0.305 e. The Kier molecular flexibility index (Phi) is 106. The van der Waals surface area contributed by atoms with Crippen molar-refractivity contribution in [1.29, 1.82) is 0 Å². The molecule has 0 aromatic carbocycles. The molecular formula is C25H60N4O6S2. The molecule has 0 heterocycles. The summed E-state index contributed by atoms with van der Waals surface area (Å²) < 4.78 is 0. The number of carbonyl (C=O) groups excluding carboxylic acids is 4. The normalized spacial score (nSPS) is 8.24. The Morgan fingerprint density at radius 1 is 0.919 bits per heavy atom. The highest BCUT2D eigenvalue weighted by Crippen LogP contribution is 2.20. The minimum absolute atomic E-state index is 0.284. The van der Waals surface area contributed by atoms with E-state index >= 15 is 0 Å². The molecule has 228 valence electrons. The Labute approximate surface area is 236 Å². The summed E-state index contributed by atoms with van der Waals surface area (Å²) in [6, 6.07) is -1.07. The largest absolute Gasteiger partial charge is 0.481 e. The third-order valence-electron chi connectivity index (χ3n) is 2.29. The zero-order valence-electron chi connectivity index (χ0n) is 25.6. The fraction of sp³-hybridized carbons (Fsp3) is 0.800. The summed E-state index contributed by atoms with van der Waals surface area (Å²) in [5.41, 5.74) is 9.62. The topological polar surface area (TPSA) is 182 Å². The monoisotopic (exact) mass is 576 g/mol. The van der Waals surface area contributed by atoms with Crippen LogP contribution in [0.25, 0.3) is 0 Å². The molecule has 1 atom stereocenters. The van der Waals surface area contributed by atoms with Crippen molar-refractivity contribution in [3.05, 3.63) is 0 Å². The van der Waals surface area contributed by atoms with Crippen molar-refractivity contribution in [2.45, 2.75) is 101 Å². The Morgan fingerprint density at radius 3 is 1.54 bits per heavy atom. The number of aldehydes is 1. The van der Waals surface area contributed by atoms with Crippen molar-refractivity contribution in [2.24, 2.45) is 11.5 Å². The number of ketones is 1. The van der Waals surface area contributed by atoms with Crippen LogP contribution in [0.5, 0.6) is 0 Å². The molecule has 0 aliphatic heterocycles. The van der Waals surface area contributed by atoms with E-state index in [2.05, 4.69) is 16.4 Å². The summed E-state index contributed by atoms with van der Waals surface area (Å²) in [5.74, 6) is 0.424. The lowest BCUT2D eigenvalue weighted by atomic mass is 10.2. The van der Waals surface area contributed by atoms with Gasteiger partial charge < -0.3 is 32.0 Å². The van der Waals surface area contributed by atoms with Gasteiger partial charge >= 0.3 is 5.97 Å². The van der Waals surface area contributed by atoms with Crippen LogP contribution in [-0.4, -0.2) is 73.1 Å². The highest BCUT2D eigenvalue weighted by molar-refractivity contribution is 8.76. The fourth-order valence-corrected chi connectivity index (χ4v) is 3.04. The molecule has 0 rings (SSSR count). The second kappa shape index (κ2) is 70.1. The van der Waals surface area contributed by atoms with Crippen molar-refractivity contribution in [3.63, 3.8) is 0 Å². The SMILES string of the molecule is CC.CC.CC.CC.CC=O.CCCNC=O.CNCCSSCCC(C)=O.NC(=O)C(N)CC(=O)O. The van der Waals surface area contributed by atoms with E-state index in [0.29, 0.717) is 12.8 Å². The number of amides is 2. The van der Waals surface area contributed by atoms with Crippen LogP contribution in [0.4, 0.5) is 0 Å². The Bertz CT molecular complexity index is 434. The number of nitrogens with two attached hydrogens (primary N) is 2. The first-order valence-electron chi connectivity index (χ1n) is 12.9. The second-order valence-electron chi connectivity index (χ2n) is 5.11. The van der Waals surface area contributed by atoms with E-state index in [1.807, 2.05) is 80.2 Å². The zero-order valence-corrected chi connectivity index (χ0v) is 27.3. The maximum Gasteiger partial charge on any atom is 0.305 e. The zero-order chi connectivity index (χ0) is 31.5. The first-order valence-corrected chi connectivity index (χ1v) is 15.3. The van der Waals surface area contributed by atoms with Gasteiger partial charge in [-0.15, -0.1) is 0 Å². The standard InChI is InChI=1S/C7H15NOS2.C4H8N2O3.C4H9NO.C2H4O.4C2H6/c1-7(9)3-5-10-11-6-4-8-2;5-2(4(6)9)1-3(7)8;1-2-3-5-4-6;1-2-3;4*1-2/h8H,3-6H2,1-2H3;2H,1,5H2,(H2,6,9)(H,7,8);4H,2-3H2,1H3,(H,5,6);2H,1H3;4*1-2H3. The number of nitrogens with one attached hydrogen (secondary N) is 2. The third-order valence-corrected chi connectivity index (χ3v) is 4.70. The Hall–Kier alpha value is -1.63. The molecular weight excluding hydrogens is 516 g/mol. The second-order valence-corrected chi connectivity index (χ2v) is 7.82. The van der Waals surface area contributed by atoms with Crippen molar-refractivity contribution in [2.75, 3.05) is 31.6 Å². The maximum atomic E-state index is 10.5. The van der Waals surface area contributed by atoms with E-state index < -0.39 is 24.3 Å². The number of rotatable bonds is 13. The van der Waals surface area contributed by atoms with Gasteiger partial charge in [-0.1, -0.05) is 83.9 Å². The van der Waals surface area contributed by atoms with Gasteiger partial charge in [-0.2, -0.15) is 0 Å². The average Bonchev–Trinajstić information content (AvgIpc) is 2.90. The number of aliphatic carboxylic acids is 1. The van der Waals surface area contributed by atoms with Gasteiger partial charge in [0.2, 0.25) is 12.3 Å². The Balaban J connectivity index is -0.0000000486. The highest BCUT2D eigenvalue weighted by atomic mass is 33.1. The average molecular weight is 577 g/mol. The quantitative estimate of drug-likeness (QED) is 0.120. The van der Waals surface area contributed by atoms with Crippen LogP contribution in [0.3, 0.4) is 0 Å². The lowest BCUT2D eigenvalue weighted by Gasteiger charge is -2.00. The molecule has 0 aliphatic rings. The van der Waals surface area contributed by atoms with Gasteiger partial charge in [-0.25, -0.2) is 0 Å². The van der Waals surface area contributed by atoms with Crippen LogP contribution in [0.2, 0.25) is 0 Å². The molecule has 0 saturated heterocycles. The minimum Gasteiger partial charge on any atom is -0.481 e. The van der Waals surface area contributed by atoms with Crippen LogP contribution >= 0.6 is 21.6 Å². The van der Waals surface area contributed by atoms with E-state index in [1.165, 1.54) is 6.92 Å². The van der Waals surface area contributed by atoms with Crippen LogP contribution in [0, 0.1) is 0 Å². The van der Waals surface area contributed by atoms with E-state index in [4.69, 9.17) is 15.6 Å². The molecule has 0 fully saturated rings. The van der Waals surface area contributed by atoms with Crippen molar-refractivity contribution < 1.29 is 29.1 Å². The van der Waals surface area contributed by atoms with Crippen molar-refractivity contribution in [3.8, 4) is 0 Å². The van der Waals surface area contributed by atoms with Gasteiger partial charge in [0.25, 0.3) is 0 Å². The van der Waals surface area contributed by atoms with Crippen LogP contribution in [0.15, 0.2) is 0 Å². The van der Waals surface area contributed by atoms with Gasteiger partial charge in [0.05, 0.1) is 12.5 Å². The fourth-order valence-electron chi connectivity index (χ4n) is 0.939. The van der Waals surface area contributed by atoms with Crippen molar-refractivity contribution in [1.82, 2.24) is 10.6 Å². The number of carbonyl (C=O) groups is 5. The maximum absolute atomic E-state index is 10.5. The molecule has 2 amide bonds. The Morgan fingerprint density at radius 2 is 1.32 bits per heavy atom. The number of hydrogen-bond donors (Lipinski definition) is 5. The molecule has 37 heavy (non-hydrogen) atoms. The molecule has 0 bridgehead atoms. The predicted molar refractivity (Wildman–Crippen MR) is 165 cm³/mol. The number of primary amides is 1. The summed E-state index contributed by atoms with van der Waals surface area (Å²) in [6.07, 6.45) is 2.77. The number of carboxylic acids is 1. The molecule has 10 nitrogen and oxygen atoms in total. The van der Waals surface area contributed by atoms with Gasteiger partial charge in [0.15, 0.2) is 0 Å². The van der Waals surface area contributed by atoms with E-state index in [-0.39, 0.29) is 5.78 Å². The predicted octanol–water partition coefficient (Wildman–Crippen LogP) is 4.29. The molecule has 0 radical (unpaired) electrons. The van der Waals surface area contributed by atoms with E-state index in [9.17, 15) is 19.2 Å². The van der Waals surface area contributed by atoms with E-state index in [1.54, 1.807) is 17.7 Å². The lowest BCUT2D eigenvalue weighted by Crippen LogP contribution is -2.38. The van der Waals surface area contributed by atoms with Crippen molar-refractivity contribution >= 4 is 51.9 Å². The molecule has 7 N–H and O–H groups in total. The van der Waals surface area contributed by atoms with Gasteiger partial charge in [-0.05, 0) is 27.3 Å². The minimum atomic E-state index is -1.12. The summed E-state index contributed by atoms with van der Waals surface area (Å²) in [4.78, 5) is 48.7. The third kappa shape index (κ3) is 119. The van der Waals surface area contributed by atoms with Gasteiger partial charge in [-0.3, -0.25) is 19.2 Å². The highest BCUT2D eigenvalue weighted by Gasteiger charge is 2.12. The van der Waals surface area contributed by atoms with Gasteiger partial charge in [0, 0.05) is 31.0 Å². The molecule has 12 heteroatoms. The number of carboxylic acid groups (broad SMARTS) is 1. The van der Waals surface area contributed by atoms with Crippen LogP contribution in [0.1, 0.15) is 95.4 Å². The summed E-state index contributed by atoms with van der Waals surface area (Å²) >= 11 is 0. The van der Waals surface area contributed by atoms with Crippen LogP contribution < -0.4 is 22.1 Å². The number of hydrogen-bond acceptors (Lipinski definition) is 9. The van der Waals surface area contributed by atoms with Gasteiger partial charge in [0.1, 0.15) is 12.1 Å². The first kappa shape index (κ1) is 55.8. The molecule has 0 saturated carbocycles. The summed E-state index contributed by atoms with van der Waals surface area (Å²) in [7, 11) is 5.54. The first-order chi connectivity index (χ1) is 17.6. The summed E-state index contributed by atoms with van der Waals surface area (Å²) in [5, 5.41) is 13.6. The molecule has 1 unspecified atom stereocenters. The molecule has 0 aromatic heterocycles. The molecule has 0 spiro atoms.